The van der Waals surface area contributed by atoms with Crippen LogP contribution in [0.2, 0.25) is 5.15 Å². The number of hydrogen-bond donors (Lipinski definition) is 0. The lowest BCUT2D eigenvalue weighted by Gasteiger charge is -2.17. The molecule has 0 saturated carbocycles. The standard InChI is InChI=1S/C15H16ClN3O/c1-10(2)13-7-11(8-14(16)18-13)15(20)19(3)12-5-4-6-17-9-12/h4-10H,1-3H3. The van der Waals surface area contributed by atoms with Gasteiger partial charge in [-0.05, 0) is 30.2 Å². The average Bonchev–Trinajstić information content (AvgIpc) is 2.46. The van der Waals surface area contributed by atoms with Crippen molar-refractivity contribution in [2.75, 3.05) is 11.9 Å². The summed E-state index contributed by atoms with van der Waals surface area (Å²) in [5.74, 6) is 0.0770. The van der Waals surface area contributed by atoms with Crippen molar-refractivity contribution >= 4 is 23.2 Å². The third-order valence-electron chi connectivity index (χ3n) is 2.99. The zero-order chi connectivity index (χ0) is 14.7. The molecule has 0 unspecified atom stereocenters. The lowest BCUT2D eigenvalue weighted by Crippen LogP contribution is -2.26. The molecular weight excluding hydrogens is 274 g/mol. The van der Waals surface area contributed by atoms with Crippen LogP contribution in [0.4, 0.5) is 5.69 Å². The van der Waals surface area contributed by atoms with Crippen LogP contribution in [0.25, 0.3) is 0 Å². The van der Waals surface area contributed by atoms with Gasteiger partial charge in [0.2, 0.25) is 0 Å². The van der Waals surface area contributed by atoms with Crippen LogP contribution in [0.1, 0.15) is 35.8 Å². The molecule has 5 heteroatoms. The summed E-state index contributed by atoms with van der Waals surface area (Å²) >= 11 is 5.99. The highest BCUT2D eigenvalue weighted by Gasteiger charge is 2.16. The van der Waals surface area contributed by atoms with Gasteiger partial charge in [-0.25, -0.2) is 4.98 Å². The van der Waals surface area contributed by atoms with Crippen LogP contribution in [0.15, 0.2) is 36.7 Å². The molecule has 0 atom stereocenters. The number of anilines is 1. The van der Waals surface area contributed by atoms with Crippen LogP contribution in [-0.4, -0.2) is 22.9 Å². The summed E-state index contributed by atoms with van der Waals surface area (Å²) in [6, 6.07) is 6.99. The predicted octanol–water partition coefficient (Wildman–Crippen LogP) is 3.53. The van der Waals surface area contributed by atoms with Gasteiger partial charge in [-0.2, -0.15) is 0 Å². The summed E-state index contributed by atoms with van der Waals surface area (Å²) in [6.07, 6.45) is 3.31. The van der Waals surface area contributed by atoms with Crippen LogP contribution in [0.3, 0.4) is 0 Å². The SMILES string of the molecule is CC(C)c1cc(C(=O)N(C)c2cccnc2)cc(Cl)n1. The first kappa shape index (κ1) is 14.5. The Morgan fingerprint density at radius 1 is 1.35 bits per heavy atom. The first-order valence-corrected chi connectivity index (χ1v) is 6.72. The maximum atomic E-state index is 12.5. The summed E-state index contributed by atoms with van der Waals surface area (Å²) in [4.78, 5) is 22.3. The van der Waals surface area contributed by atoms with Crippen LogP contribution in [0.5, 0.6) is 0 Å². The Morgan fingerprint density at radius 2 is 2.10 bits per heavy atom. The van der Waals surface area contributed by atoms with Gasteiger partial charge in [0.15, 0.2) is 0 Å². The van der Waals surface area contributed by atoms with E-state index >= 15 is 0 Å². The highest BCUT2D eigenvalue weighted by atomic mass is 35.5. The number of aromatic nitrogens is 2. The first-order valence-electron chi connectivity index (χ1n) is 6.34. The second-order valence-corrected chi connectivity index (χ2v) is 5.22. The van der Waals surface area contributed by atoms with E-state index < -0.39 is 0 Å². The topological polar surface area (TPSA) is 46.1 Å². The molecule has 2 rings (SSSR count). The Hall–Kier alpha value is -1.94. The number of rotatable bonds is 3. The van der Waals surface area contributed by atoms with E-state index in [9.17, 15) is 4.79 Å². The van der Waals surface area contributed by atoms with Crippen molar-refractivity contribution in [1.82, 2.24) is 9.97 Å². The Bertz CT molecular complexity index is 614. The summed E-state index contributed by atoms with van der Waals surface area (Å²) in [6.45, 7) is 4.02. The van der Waals surface area contributed by atoms with Crippen LogP contribution in [-0.2, 0) is 0 Å². The lowest BCUT2D eigenvalue weighted by atomic mass is 10.1. The van der Waals surface area contributed by atoms with Gasteiger partial charge in [0.25, 0.3) is 5.91 Å². The van der Waals surface area contributed by atoms with Gasteiger partial charge in [-0.3, -0.25) is 9.78 Å². The van der Waals surface area contributed by atoms with Gasteiger partial charge in [-0.15, -0.1) is 0 Å². The van der Waals surface area contributed by atoms with Crippen molar-refractivity contribution in [3.8, 4) is 0 Å². The molecule has 2 heterocycles. The van der Waals surface area contributed by atoms with E-state index in [1.807, 2.05) is 19.9 Å². The van der Waals surface area contributed by atoms with Gasteiger partial charge in [0.1, 0.15) is 5.15 Å². The molecule has 0 aliphatic carbocycles. The molecule has 0 aromatic carbocycles. The Kier molecular flexibility index (Phi) is 4.35. The quantitative estimate of drug-likeness (QED) is 0.812. The second-order valence-electron chi connectivity index (χ2n) is 4.83. The summed E-state index contributed by atoms with van der Waals surface area (Å²) < 4.78 is 0. The molecule has 0 spiro atoms. The van der Waals surface area contributed by atoms with E-state index in [1.54, 1.807) is 42.5 Å². The molecule has 0 N–H and O–H groups in total. The minimum Gasteiger partial charge on any atom is -0.310 e. The van der Waals surface area contributed by atoms with Crippen molar-refractivity contribution in [2.45, 2.75) is 19.8 Å². The molecular formula is C15H16ClN3O. The highest BCUT2D eigenvalue weighted by Crippen LogP contribution is 2.20. The van der Waals surface area contributed by atoms with Crippen molar-refractivity contribution in [3.05, 3.63) is 53.1 Å². The first-order chi connectivity index (χ1) is 9.49. The van der Waals surface area contributed by atoms with Crippen LogP contribution in [0, 0.1) is 0 Å². The number of pyridine rings is 2. The summed E-state index contributed by atoms with van der Waals surface area (Å²) in [5.41, 5.74) is 2.07. The molecule has 2 aromatic heterocycles. The largest absolute Gasteiger partial charge is 0.310 e. The molecule has 4 nitrogen and oxygen atoms in total. The fourth-order valence-electron chi connectivity index (χ4n) is 1.80. The minimum absolute atomic E-state index is 0.135. The Morgan fingerprint density at radius 3 is 2.70 bits per heavy atom. The van der Waals surface area contributed by atoms with E-state index in [4.69, 9.17) is 11.6 Å². The second kappa shape index (κ2) is 6.01. The zero-order valence-electron chi connectivity index (χ0n) is 11.7. The van der Waals surface area contributed by atoms with Gasteiger partial charge in [0.05, 0.1) is 11.9 Å². The van der Waals surface area contributed by atoms with E-state index in [-0.39, 0.29) is 11.8 Å². The van der Waals surface area contributed by atoms with Gasteiger partial charge in [0, 0.05) is 24.5 Å². The van der Waals surface area contributed by atoms with Crippen molar-refractivity contribution in [1.29, 1.82) is 0 Å². The molecule has 2 aromatic rings. The predicted molar refractivity (Wildman–Crippen MR) is 80.3 cm³/mol. The Balaban J connectivity index is 2.34. The third-order valence-corrected chi connectivity index (χ3v) is 3.18. The fourth-order valence-corrected chi connectivity index (χ4v) is 2.01. The lowest BCUT2D eigenvalue weighted by molar-refractivity contribution is 0.0992. The molecule has 0 fully saturated rings. The van der Waals surface area contributed by atoms with Gasteiger partial charge < -0.3 is 4.90 Å². The fraction of sp³-hybridized carbons (Fsp3) is 0.267. The average molecular weight is 290 g/mol. The smallest absolute Gasteiger partial charge is 0.258 e. The van der Waals surface area contributed by atoms with Gasteiger partial charge in [-0.1, -0.05) is 25.4 Å². The number of carbonyl (C=O) groups excluding carboxylic acids is 1. The van der Waals surface area contributed by atoms with Gasteiger partial charge >= 0.3 is 0 Å². The summed E-state index contributed by atoms with van der Waals surface area (Å²) in [7, 11) is 1.71. The Labute approximate surface area is 123 Å². The molecule has 104 valence electrons. The molecule has 0 radical (unpaired) electrons. The molecule has 0 saturated heterocycles. The molecule has 20 heavy (non-hydrogen) atoms. The van der Waals surface area contributed by atoms with Crippen LogP contribution < -0.4 is 4.90 Å². The van der Waals surface area contributed by atoms with Crippen molar-refractivity contribution < 1.29 is 4.79 Å². The maximum Gasteiger partial charge on any atom is 0.258 e. The monoisotopic (exact) mass is 289 g/mol. The maximum absolute atomic E-state index is 12.5. The molecule has 1 amide bonds. The normalized spacial score (nSPS) is 10.7. The molecule has 0 aliphatic heterocycles. The number of halogens is 1. The van der Waals surface area contributed by atoms with Crippen molar-refractivity contribution in [2.24, 2.45) is 0 Å². The minimum atomic E-state index is -0.135. The number of nitrogens with zero attached hydrogens (tertiary/aromatic N) is 3. The number of amides is 1. The number of hydrogen-bond acceptors (Lipinski definition) is 3. The van der Waals surface area contributed by atoms with E-state index in [1.165, 1.54) is 0 Å². The van der Waals surface area contributed by atoms with Crippen molar-refractivity contribution in [3.63, 3.8) is 0 Å². The molecule has 0 bridgehead atoms. The van der Waals surface area contributed by atoms with Crippen LogP contribution >= 0.6 is 11.6 Å². The summed E-state index contributed by atoms with van der Waals surface area (Å²) in [5, 5.41) is 0.333. The third kappa shape index (κ3) is 3.14. The van der Waals surface area contributed by atoms with E-state index in [0.29, 0.717) is 10.7 Å². The van der Waals surface area contributed by atoms with E-state index in [0.717, 1.165) is 11.4 Å². The number of carbonyl (C=O) groups is 1. The molecule has 0 aliphatic rings. The van der Waals surface area contributed by atoms with E-state index in [2.05, 4.69) is 9.97 Å². The highest BCUT2D eigenvalue weighted by molar-refractivity contribution is 6.29. The zero-order valence-corrected chi connectivity index (χ0v) is 12.4.